The molecule has 2 spiro atoms. The summed E-state index contributed by atoms with van der Waals surface area (Å²) in [6.07, 6.45) is 41.6. The SMILES string of the molecule is CCCCCCCOC1CCC(C2CCC3(CC2)CC2(CCC(C4CCC(OCCCCCCC)CC4)CC2)C3)CC1. The monoisotopic (exact) mass is 585 g/mol. The van der Waals surface area contributed by atoms with E-state index < -0.39 is 0 Å². The van der Waals surface area contributed by atoms with E-state index in [-0.39, 0.29) is 0 Å². The van der Waals surface area contributed by atoms with Crippen molar-refractivity contribution in [1.29, 1.82) is 0 Å². The van der Waals surface area contributed by atoms with Gasteiger partial charge in [-0.25, -0.2) is 0 Å². The maximum Gasteiger partial charge on any atom is 0.0575 e. The lowest BCUT2D eigenvalue weighted by atomic mass is 9.43. The fourth-order valence-corrected chi connectivity index (χ4v) is 11.1. The van der Waals surface area contributed by atoms with Crippen molar-refractivity contribution in [2.24, 2.45) is 34.5 Å². The Kier molecular flexibility index (Phi) is 13.5. The maximum atomic E-state index is 6.30. The van der Waals surface area contributed by atoms with Crippen LogP contribution in [0.2, 0.25) is 0 Å². The summed E-state index contributed by atoms with van der Waals surface area (Å²) >= 11 is 0. The van der Waals surface area contributed by atoms with Crippen LogP contribution in [0.5, 0.6) is 0 Å². The zero-order valence-corrected chi connectivity index (χ0v) is 28.5. The first-order valence-electron chi connectivity index (χ1n) is 19.9. The van der Waals surface area contributed by atoms with Crippen LogP contribution in [-0.2, 0) is 9.47 Å². The highest BCUT2D eigenvalue weighted by molar-refractivity contribution is 5.07. The van der Waals surface area contributed by atoms with Crippen molar-refractivity contribution in [3.63, 3.8) is 0 Å². The van der Waals surface area contributed by atoms with Gasteiger partial charge in [0.25, 0.3) is 0 Å². The number of ether oxygens (including phenoxy) is 2. The molecule has 2 nitrogen and oxygen atoms in total. The first kappa shape index (κ1) is 33.3. The van der Waals surface area contributed by atoms with Crippen LogP contribution in [0.3, 0.4) is 0 Å². The molecule has 0 aliphatic heterocycles. The van der Waals surface area contributed by atoms with Gasteiger partial charge in [-0.2, -0.15) is 0 Å². The quantitative estimate of drug-likeness (QED) is 0.168. The zero-order valence-electron chi connectivity index (χ0n) is 28.5. The molecule has 0 aromatic heterocycles. The highest BCUT2D eigenvalue weighted by atomic mass is 16.5. The molecule has 244 valence electrons. The number of rotatable bonds is 16. The van der Waals surface area contributed by atoms with Crippen LogP contribution in [0, 0.1) is 34.5 Å². The van der Waals surface area contributed by atoms with Crippen molar-refractivity contribution >= 4 is 0 Å². The van der Waals surface area contributed by atoms with Gasteiger partial charge in [0, 0.05) is 13.2 Å². The van der Waals surface area contributed by atoms with Crippen molar-refractivity contribution < 1.29 is 9.47 Å². The predicted molar refractivity (Wildman–Crippen MR) is 179 cm³/mol. The van der Waals surface area contributed by atoms with Crippen LogP contribution in [-0.4, -0.2) is 25.4 Å². The summed E-state index contributed by atoms with van der Waals surface area (Å²) in [4.78, 5) is 0. The van der Waals surface area contributed by atoms with E-state index in [1.165, 1.54) is 116 Å². The molecular formula is C40H72O2. The smallest absolute Gasteiger partial charge is 0.0575 e. The highest BCUT2D eigenvalue weighted by Gasteiger charge is 2.56. The Hall–Kier alpha value is -0.0800. The van der Waals surface area contributed by atoms with Gasteiger partial charge in [0.15, 0.2) is 0 Å². The van der Waals surface area contributed by atoms with E-state index in [2.05, 4.69) is 13.8 Å². The summed E-state index contributed by atoms with van der Waals surface area (Å²) in [5.41, 5.74) is 1.54. The lowest BCUT2D eigenvalue weighted by molar-refractivity contribution is -0.111. The molecule has 2 heteroatoms. The van der Waals surface area contributed by atoms with Gasteiger partial charge in [-0.05, 0) is 163 Å². The van der Waals surface area contributed by atoms with E-state index in [9.17, 15) is 0 Å². The zero-order chi connectivity index (χ0) is 29.1. The average molecular weight is 585 g/mol. The van der Waals surface area contributed by atoms with Crippen LogP contribution >= 0.6 is 0 Å². The van der Waals surface area contributed by atoms with Gasteiger partial charge in [0.2, 0.25) is 0 Å². The van der Waals surface area contributed by atoms with Crippen molar-refractivity contribution in [3.8, 4) is 0 Å². The Morgan fingerprint density at radius 3 is 1.10 bits per heavy atom. The van der Waals surface area contributed by atoms with Gasteiger partial charge in [-0.1, -0.05) is 65.2 Å². The van der Waals surface area contributed by atoms with Crippen LogP contribution in [0.4, 0.5) is 0 Å². The predicted octanol–water partition coefficient (Wildman–Crippen LogP) is 12.2. The van der Waals surface area contributed by atoms with Gasteiger partial charge in [0.1, 0.15) is 0 Å². The molecule has 5 aliphatic carbocycles. The minimum absolute atomic E-state index is 0.581. The molecule has 42 heavy (non-hydrogen) atoms. The number of unbranched alkanes of at least 4 members (excludes halogenated alkanes) is 8. The lowest BCUT2D eigenvalue weighted by Crippen LogP contribution is -2.50. The Balaban J connectivity index is 0.910. The minimum atomic E-state index is 0.581. The Labute approximate surface area is 262 Å². The van der Waals surface area contributed by atoms with Gasteiger partial charge in [0.05, 0.1) is 12.2 Å². The molecule has 0 amide bonds. The van der Waals surface area contributed by atoms with Gasteiger partial charge >= 0.3 is 0 Å². The average Bonchev–Trinajstić information content (AvgIpc) is 3.01. The third-order valence-electron chi connectivity index (χ3n) is 13.7. The second-order valence-electron chi connectivity index (χ2n) is 16.7. The summed E-state index contributed by atoms with van der Waals surface area (Å²) < 4.78 is 12.6. The number of hydrogen-bond donors (Lipinski definition) is 0. The topological polar surface area (TPSA) is 18.5 Å². The molecule has 5 rings (SSSR count). The standard InChI is InChI=1S/C40H72O2/c1-3-5-7-9-11-29-41-37-17-13-33(14-18-37)35-21-25-39(26-22-35)31-40(32-39)27-23-36(24-28-40)34-15-19-38(20-16-34)42-30-12-10-8-6-4-2/h33-38H,3-32H2,1-2H3. The van der Waals surface area contributed by atoms with Crippen molar-refractivity contribution in [3.05, 3.63) is 0 Å². The van der Waals surface area contributed by atoms with E-state index in [1.54, 1.807) is 64.2 Å². The van der Waals surface area contributed by atoms with Gasteiger partial charge in [-0.3, -0.25) is 0 Å². The van der Waals surface area contributed by atoms with E-state index in [0.717, 1.165) is 47.7 Å². The molecule has 0 aromatic carbocycles. The normalized spacial score (nSPS) is 39.0. The van der Waals surface area contributed by atoms with Crippen molar-refractivity contribution in [2.75, 3.05) is 13.2 Å². The summed E-state index contributed by atoms with van der Waals surface area (Å²) in [5, 5.41) is 0. The third-order valence-corrected chi connectivity index (χ3v) is 13.7. The molecular weight excluding hydrogens is 512 g/mol. The molecule has 0 bridgehead atoms. The molecule has 0 aromatic rings. The Morgan fingerprint density at radius 2 is 0.738 bits per heavy atom. The molecule has 5 fully saturated rings. The number of hydrogen-bond acceptors (Lipinski definition) is 2. The molecule has 5 saturated carbocycles. The molecule has 0 saturated heterocycles. The fraction of sp³-hybridized carbons (Fsp3) is 1.00. The summed E-state index contributed by atoms with van der Waals surface area (Å²) in [7, 11) is 0. The van der Waals surface area contributed by atoms with Crippen LogP contribution in [0.1, 0.15) is 194 Å². The maximum absolute atomic E-state index is 6.30. The molecule has 5 aliphatic rings. The van der Waals surface area contributed by atoms with Crippen LogP contribution in [0.25, 0.3) is 0 Å². The molecule has 0 N–H and O–H groups in total. The van der Waals surface area contributed by atoms with Crippen molar-refractivity contribution in [2.45, 2.75) is 206 Å². The molecule has 0 atom stereocenters. The van der Waals surface area contributed by atoms with E-state index >= 15 is 0 Å². The fourth-order valence-electron chi connectivity index (χ4n) is 11.1. The van der Waals surface area contributed by atoms with Crippen molar-refractivity contribution in [1.82, 2.24) is 0 Å². The summed E-state index contributed by atoms with van der Waals surface area (Å²) in [6.45, 7) is 6.63. The first-order valence-corrected chi connectivity index (χ1v) is 19.9. The van der Waals surface area contributed by atoms with Gasteiger partial charge < -0.3 is 9.47 Å². The van der Waals surface area contributed by atoms with Gasteiger partial charge in [-0.15, -0.1) is 0 Å². The first-order chi connectivity index (χ1) is 20.6. The molecule has 0 radical (unpaired) electrons. The summed E-state index contributed by atoms with van der Waals surface area (Å²) in [5.74, 6) is 4.11. The van der Waals surface area contributed by atoms with E-state index in [1.807, 2.05) is 0 Å². The van der Waals surface area contributed by atoms with Crippen LogP contribution < -0.4 is 0 Å². The minimum Gasteiger partial charge on any atom is -0.378 e. The third kappa shape index (κ3) is 9.47. The van der Waals surface area contributed by atoms with Crippen LogP contribution in [0.15, 0.2) is 0 Å². The highest BCUT2D eigenvalue weighted by Crippen LogP contribution is 2.67. The second kappa shape index (κ2) is 17.0. The largest absolute Gasteiger partial charge is 0.378 e. The molecule has 0 unspecified atom stereocenters. The van der Waals surface area contributed by atoms with E-state index in [0.29, 0.717) is 12.2 Å². The Morgan fingerprint density at radius 1 is 0.405 bits per heavy atom. The van der Waals surface area contributed by atoms with E-state index in [4.69, 9.17) is 9.47 Å². The molecule has 0 heterocycles. The lowest BCUT2D eigenvalue weighted by Gasteiger charge is -2.62. The summed E-state index contributed by atoms with van der Waals surface area (Å²) in [6, 6.07) is 0. The Bertz CT molecular complexity index is 644. The second-order valence-corrected chi connectivity index (χ2v) is 16.7.